The smallest absolute Gasteiger partial charge is 0.201 e. The van der Waals surface area contributed by atoms with Crippen molar-refractivity contribution in [1.82, 2.24) is 14.5 Å². The van der Waals surface area contributed by atoms with Crippen LogP contribution in [0.2, 0.25) is 5.02 Å². The van der Waals surface area contributed by atoms with Gasteiger partial charge in [0.15, 0.2) is 11.6 Å². The van der Waals surface area contributed by atoms with E-state index in [2.05, 4.69) is 9.97 Å². The molecule has 0 aliphatic rings. The molecule has 23 heavy (non-hydrogen) atoms. The lowest BCUT2D eigenvalue weighted by Gasteiger charge is -2.12. The predicted molar refractivity (Wildman–Crippen MR) is 84.8 cm³/mol. The molecular formula is C16H11ClFN3O2. The molecule has 7 heteroatoms. The summed E-state index contributed by atoms with van der Waals surface area (Å²) in [6, 6.07) is 4.38. The van der Waals surface area contributed by atoms with Gasteiger partial charge in [0.2, 0.25) is 5.43 Å². The van der Waals surface area contributed by atoms with Gasteiger partial charge in [0.25, 0.3) is 0 Å². The zero-order chi connectivity index (χ0) is 16.7. The molecule has 0 aromatic carbocycles. The Hall–Kier alpha value is -2.60. The van der Waals surface area contributed by atoms with E-state index in [1.54, 1.807) is 19.1 Å². The zero-order valence-electron chi connectivity index (χ0n) is 12.3. The number of nitrogens with zero attached hydrogens (tertiary/aromatic N) is 3. The van der Waals surface area contributed by atoms with Crippen LogP contribution in [0.15, 0.2) is 35.4 Å². The maximum Gasteiger partial charge on any atom is 0.201 e. The average Bonchev–Trinajstić information content (AvgIpc) is 2.48. The Morgan fingerprint density at radius 2 is 2.09 bits per heavy atom. The fraction of sp³-hybridized carbons (Fsp3) is 0.125. The molecule has 3 aromatic rings. The van der Waals surface area contributed by atoms with Crippen molar-refractivity contribution in [3.8, 4) is 5.82 Å². The number of carbonyl (C=O) groups is 1. The van der Waals surface area contributed by atoms with Crippen LogP contribution in [0, 0.1) is 12.7 Å². The number of rotatable bonds is 2. The van der Waals surface area contributed by atoms with E-state index in [4.69, 9.17) is 11.6 Å². The van der Waals surface area contributed by atoms with E-state index < -0.39 is 11.2 Å². The summed E-state index contributed by atoms with van der Waals surface area (Å²) in [7, 11) is 0. The largest absolute Gasteiger partial charge is 0.294 e. The SMILES string of the molecule is CC(=O)c1cn(-c2ncc(F)cc2Cl)c2nc(C)ccc2c1=O. The Kier molecular flexibility index (Phi) is 3.69. The van der Waals surface area contributed by atoms with E-state index in [1.165, 1.54) is 17.7 Å². The lowest BCUT2D eigenvalue weighted by atomic mass is 10.1. The van der Waals surface area contributed by atoms with Gasteiger partial charge in [0.1, 0.15) is 11.5 Å². The first-order valence-corrected chi connectivity index (χ1v) is 7.11. The lowest BCUT2D eigenvalue weighted by Crippen LogP contribution is -2.18. The van der Waals surface area contributed by atoms with E-state index in [-0.39, 0.29) is 27.6 Å². The molecule has 3 aromatic heterocycles. The van der Waals surface area contributed by atoms with Crippen LogP contribution in [-0.2, 0) is 0 Å². The second kappa shape index (κ2) is 5.55. The number of Topliss-reactive ketones (excluding diaryl/α,β-unsaturated/α-hetero) is 1. The number of hydrogen-bond donors (Lipinski definition) is 0. The van der Waals surface area contributed by atoms with Crippen molar-refractivity contribution in [2.75, 3.05) is 0 Å². The summed E-state index contributed by atoms with van der Waals surface area (Å²) in [5, 5.41) is 0.318. The molecule has 0 fully saturated rings. The van der Waals surface area contributed by atoms with Gasteiger partial charge < -0.3 is 0 Å². The molecular weight excluding hydrogens is 321 g/mol. The fourth-order valence-electron chi connectivity index (χ4n) is 2.29. The van der Waals surface area contributed by atoms with Gasteiger partial charge in [-0.05, 0) is 32.0 Å². The number of fused-ring (bicyclic) bond motifs is 1. The maximum atomic E-state index is 13.2. The molecule has 5 nitrogen and oxygen atoms in total. The minimum absolute atomic E-state index is 0.00894. The molecule has 0 aliphatic heterocycles. The predicted octanol–water partition coefficient (Wildman–Crippen LogP) is 3.08. The molecule has 0 spiro atoms. The molecule has 116 valence electrons. The van der Waals surface area contributed by atoms with Crippen LogP contribution >= 0.6 is 11.6 Å². The van der Waals surface area contributed by atoms with Crippen LogP contribution in [-0.4, -0.2) is 20.3 Å². The molecule has 0 saturated heterocycles. The molecule has 0 atom stereocenters. The molecule has 0 amide bonds. The lowest BCUT2D eigenvalue weighted by molar-refractivity contribution is 0.101. The van der Waals surface area contributed by atoms with Crippen molar-refractivity contribution in [3.05, 3.63) is 62.9 Å². The summed E-state index contributed by atoms with van der Waals surface area (Å²) in [6.07, 6.45) is 2.35. The minimum Gasteiger partial charge on any atom is -0.294 e. The highest BCUT2D eigenvalue weighted by Gasteiger charge is 2.16. The third-order valence-electron chi connectivity index (χ3n) is 3.39. The van der Waals surface area contributed by atoms with Crippen molar-refractivity contribution in [2.45, 2.75) is 13.8 Å². The highest BCUT2D eigenvalue weighted by molar-refractivity contribution is 6.32. The molecule has 0 N–H and O–H groups in total. The third-order valence-corrected chi connectivity index (χ3v) is 3.66. The van der Waals surface area contributed by atoms with Crippen LogP contribution < -0.4 is 5.43 Å². The van der Waals surface area contributed by atoms with Gasteiger partial charge in [-0.1, -0.05) is 11.6 Å². The first-order valence-electron chi connectivity index (χ1n) is 6.74. The molecule has 0 saturated carbocycles. The highest BCUT2D eigenvalue weighted by Crippen LogP contribution is 2.22. The monoisotopic (exact) mass is 331 g/mol. The van der Waals surface area contributed by atoms with Gasteiger partial charge in [-0.3, -0.25) is 14.2 Å². The molecule has 3 heterocycles. The number of aromatic nitrogens is 3. The Morgan fingerprint density at radius 3 is 2.74 bits per heavy atom. The summed E-state index contributed by atoms with van der Waals surface area (Å²) >= 11 is 6.06. The summed E-state index contributed by atoms with van der Waals surface area (Å²) in [6.45, 7) is 3.07. The van der Waals surface area contributed by atoms with E-state index in [9.17, 15) is 14.0 Å². The first kappa shape index (κ1) is 15.3. The highest BCUT2D eigenvalue weighted by atomic mass is 35.5. The third kappa shape index (κ3) is 2.61. The first-order chi connectivity index (χ1) is 10.9. The number of halogens is 2. The normalized spacial score (nSPS) is 11.0. The van der Waals surface area contributed by atoms with Crippen LogP contribution in [0.3, 0.4) is 0 Å². The standard InChI is InChI=1S/C16H11ClFN3O2/c1-8-3-4-11-14(23)12(9(2)22)7-21(15(11)20-8)16-13(17)5-10(18)6-19-16/h3-7H,1-2H3. The topological polar surface area (TPSA) is 64.8 Å². The number of carbonyl (C=O) groups excluding carboxylic acids is 1. The minimum atomic E-state index is -0.583. The summed E-state index contributed by atoms with van der Waals surface area (Å²) in [4.78, 5) is 32.5. The summed E-state index contributed by atoms with van der Waals surface area (Å²) < 4.78 is 14.7. The van der Waals surface area contributed by atoms with E-state index >= 15 is 0 Å². The van der Waals surface area contributed by atoms with Gasteiger partial charge in [0, 0.05) is 11.9 Å². The number of hydrogen-bond acceptors (Lipinski definition) is 4. The van der Waals surface area contributed by atoms with Gasteiger partial charge >= 0.3 is 0 Å². The molecule has 0 aliphatic carbocycles. The molecule has 0 radical (unpaired) electrons. The average molecular weight is 332 g/mol. The second-order valence-corrected chi connectivity index (χ2v) is 5.49. The zero-order valence-corrected chi connectivity index (χ0v) is 13.1. The molecule has 3 rings (SSSR count). The Balaban J connectivity index is 2.48. The van der Waals surface area contributed by atoms with Crippen LogP contribution in [0.5, 0.6) is 0 Å². The van der Waals surface area contributed by atoms with E-state index in [0.717, 1.165) is 12.3 Å². The number of ketones is 1. The van der Waals surface area contributed by atoms with E-state index in [1.807, 2.05) is 0 Å². The Bertz CT molecular complexity index is 1010. The van der Waals surface area contributed by atoms with E-state index in [0.29, 0.717) is 11.3 Å². The fourth-order valence-corrected chi connectivity index (χ4v) is 2.54. The van der Waals surface area contributed by atoms with Crippen molar-refractivity contribution < 1.29 is 9.18 Å². The summed E-state index contributed by atoms with van der Waals surface area (Å²) in [5.74, 6) is -0.775. The van der Waals surface area contributed by atoms with Crippen LogP contribution in [0.4, 0.5) is 4.39 Å². The van der Waals surface area contributed by atoms with Crippen molar-refractivity contribution in [2.24, 2.45) is 0 Å². The van der Waals surface area contributed by atoms with Crippen molar-refractivity contribution in [1.29, 1.82) is 0 Å². The maximum absolute atomic E-state index is 13.2. The van der Waals surface area contributed by atoms with Gasteiger partial charge in [-0.15, -0.1) is 0 Å². The summed E-state index contributed by atoms with van der Waals surface area (Å²) in [5.41, 5.74) is 0.570. The van der Waals surface area contributed by atoms with Gasteiger partial charge in [-0.25, -0.2) is 14.4 Å². The number of pyridine rings is 3. The Morgan fingerprint density at radius 1 is 1.35 bits per heavy atom. The van der Waals surface area contributed by atoms with Crippen LogP contribution in [0.25, 0.3) is 16.9 Å². The van der Waals surface area contributed by atoms with Crippen molar-refractivity contribution >= 4 is 28.4 Å². The van der Waals surface area contributed by atoms with Crippen molar-refractivity contribution in [3.63, 3.8) is 0 Å². The van der Waals surface area contributed by atoms with Gasteiger partial charge in [-0.2, -0.15) is 0 Å². The number of aryl methyl sites for hydroxylation is 1. The van der Waals surface area contributed by atoms with Crippen LogP contribution in [0.1, 0.15) is 23.0 Å². The Labute approximate surface area is 135 Å². The van der Waals surface area contributed by atoms with Gasteiger partial charge in [0.05, 0.1) is 22.2 Å². The molecule has 0 unspecified atom stereocenters. The molecule has 0 bridgehead atoms. The second-order valence-electron chi connectivity index (χ2n) is 5.08. The quantitative estimate of drug-likeness (QED) is 0.677.